The second kappa shape index (κ2) is 7.24. The molecule has 0 radical (unpaired) electrons. The quantitative estimate of drug-likeness (QED) is 0.884. The van der Waals surface area contributed by atoms with Gasteiger partial charge in [-0.25, -0.2) is 0 Å². The van der Waals surface area contributed by atoms with Gasteiger partial charge < -0.3 is 10.2 Å². The van der Waals surface area contributed by atoms with Crippen LogP contribution in [0.4, 0.5) is 0 Å². The Balaban J connectivity index is 1.52. The molecule has 1 heterocycles. The van der Waals surface area contributed by atoms with Gasteiger partial charge in [-0.1, -0.05) is 43.2 Å². The van der Waals surface area contributed by atoms with Crippen LogP contribution in [0.3, 0.4) is 0 Å². The third kappa shape index (κ3) is 3.62. The van der Waals surface area contributed by atoms with Gasteiger partial charge in [0, 0.05) is 19.1 Å². The smallest absolute Gasteiger partial charge is 0.0136 e. The number of hydrogen-bond donors (Lipinski definition) is 1. The number of hydrogen-bond acceptors (Lipinski definition) is 2. The van der Waals surface area contributed by atoms with E-state index in [0.717, 1.165) is 12.5 Å². The van der Waals surface area contributed by atoms with E-state index in [1.54, 1.807) is 0 Å². The molecule has 2 fully saturated rings. The van der Waals surface area contributed by atoms with Crippen LogP contribution in [0.25, 0.3) is 0 Å². The first-order valence-corrected chi connectivity index (χ1v) is 8.44. The summed E-state index contributed by atoms with van der Waals surface area (Å²) in [4.78, 5) is 2.60. The molecule has 110 valence electrons. The predicted molar refractivity (Wildman–Crippen MR) is 85.1 cm³/mol. The second-order valence-corrected chi connectivity index (χ2v) is 6.41. The number of nitrogens with one attached hydrogen (secondary N) is 1. The Morgan fingerprint density at radius 2 is 1.70 bits per heavy atom. The first-order valence-electron chi connectivity index (χ1n) is 8.44. The molecule has 2 heteroatoms. The van der Waals surface area contributed by atoms with Crippen molar-refractivity contribution < 1.29 is 0 Å². The molecule has 2 atom stereocenters. The summed E-state index contributed by atoms with van der Waals surface area (Å²) in [6.07, 6.45) is 8.28. The Morgan fingerprint density at radius 3 is 2.50 bits per heavy atom. The van der Waals surface area contributed by atoms with Crippen LogP contribution in [0.2, 0.25) is 0 Å². The third-order valence-electron chi connectivity index (χ3n) is 5.03. The van der Waals surface area contributed by atoms with Gasteiger partial charge in [0.05, 0.1) is 0 Å². The topological polar surface area (TPSA) is 15.3 Å². The molecule has 2 aliphatic rings. The SMILES string of the molecule is c1ccc(C2CCCCC2NCCN2CCCC2)cc1. The van der Waals surface area contributed by atoms with Crippen molar-refractivity contribution in [1.29, 1.82) is 0 Å². The van der Waals surface area contributed by atoms with Crippen LogP contribution in [0.1, 0.15) is 50.0 Å². The first-order chi connectivity index (χ1) is 9.93. The molecule has 1 aromatic rings. The van der Waals surface area contributed by atoms with Gasteiger partial charge in [0.25, 0.3) is 0 Å². The summed E-state index contributed by atoms with van der Waals surface area (Å²) in [7, 11) is 0. The standard InChI is InChI=1S/C18H28N2/c1-2-8-16(9-3-1)17-10-4-5-11-18(17)19-12-15-20-13-6-7-14-20/h1-3,8-9,17-19H,4-7,10-15H2. The summed E-state index contributed by atoms with van der Waals surface area (Å²) < 4.78 is 0. The Labute approximate surface area is 123 Å². The molecule has 1 aliphatic carbocycles. The second-order valence-electron chi connectivity index (χ2n) is 6.41. The van der Waals surface area contributed by atoms with Gasteiger partial charge in [-0.05, 0) is 50.3 Å². The van der Waals surface area contributed by atoms with Gasteiger partial charge >= 0.3 is 0 Å². The van der Waals surface area contributed by atoms with E-state index >= 15 is 0 Å². The number of likely N-dealkylation sites (tertiary alicyclic amines) is 1. The molecule has 1 saturated heterocycles. The zero-order chi connectivity index (χ0) is 13.6. The van der Waals surface area contributed by atoms with E-state index in [1.807, 2.05) is 0 Å². The molecule has 1 aromatic carbocycles. The molecule has 0 aromatic heterocycles. The van der Waals surface area contributed by atoms with Crippen LogP contribution in [-0.2, 0) is 0 Å². The van der Waals surface area contributed by atoms with E-state index in [2.05, 4.69) is 40.5 Å². The highest BCUT2D eigenvalue weighted by Gasteiger charge is 2.25. The van der Waals surface area contributed by atoms with Crippen molar-refractivity contribution in [3.8, 4) is 0 Å². The van der Waals surface area contributed by atoms with Crippen molar-refractivity contribution in [3.63, 3.8) is 0 Å². The molecule has 20 heavy (non-hydrogen) atoms. The van der Waals surface area contributed by atoms with Gasteiger partial charge in [0.2, 0.25) is 0 Å². The average molecular weight is 272 g/mol. The highest BCUT2D eigenvalue weighted by molar-refractivity contribution is 5.21. The molecule has 2 unspecified atom stereocenters. The molecule has 1 aliphatic heterocycles. The molecule has 2 nitrogen and oxygen atoms in total. The van der Waals surface area contributed by atoms with Gasteiger partial charge in [-0.3, -0.25) is 0 Å². The van der Waals surface area contributed by atoms with E-state index in [0.29, 0.717) is 6.04 Å². The number of benzene rings is 1. The normalized spacial score (nSPS) is 27.8. The maximum absolute atomic E-state index is 3.86. The van der Waals surface area contributed by atoms with Crippen molar-refractivity contribution in [3.05, 3.63) is 35.9 Å². The largest absolute Gasteiger partial charge is 0.312 e. The Kier molecular flexibility index (Phi) is 5.10. The van der Waals surface area contributed by atoms with E-state index in [-0.39, 0.29) is 0 Å². The van der Waals surface area contributed by atoms with Gasteiger partial charge in [0.15, 0.2) is 0 Å². The lowest BCUT2D eigenvalue weighted by atomic mass is 9.80. The monoisotopic (exact) mass is 272 g/mol. The molecule has 1 saturated carbocycles. The van der Waals surface area contributed by atoms with Crippen molar-refractivity contribution in [2.24, 2.45) is 0 Å². The van der Waals surface area contributed by atoms with Crippen LogP contribution in [0.15, 0.2) is 30.3 Å². The molecule has 0 bridgehead atoms. The summed E-state index contributed by atoms with van der Waals surface area (Å²) >= 11 is 0. The molecule has 1 N–H and O–H groups in total. The zero-order valence-corrected chi connectivity index (χ0v) is 12.6. The molecule has 3 rings (SSSR count). The summed E-state index contributed by atoms with van der Waals surface area (Å²) in [5.41, 5.74) is 1.53. The Hall–Kier alpha value is -0.860. The molecular formula is C18H28N2. The van der Waals surface area contributed by atoms with Crippen LogP contribution in [0, 0.1) is 0 Å². The average Bonchev–Trinajstić information content (AvgIpc) is 3.02. The lowest BCUT2D eigenvalue weighted by Crippen LogP contribution is -2.41. The molecule has 0 amide bonds. The minimum atomic E-state index is 0.689. The van der Waals surface area contributed by atoms with Crippen LogP contribution in [-0.4, -0.2) is 37.1 Å². The summed E-state index contributed by atoms with van der Waals surface area (Å²) in [6, 6.07) is 11.8. The zero-order valence-electron chi connectivity index (χ0n) is 12.6. The minimum Gasteiger partial charge on any atom is -0.312 e. The first kappa shape index (κ1) is 14.1. The highest BCUT2D eigenvalue weighted by atomic mass is 15.2. The van der Waals surface area contributed by atoms with E-state index in [9.17, 15) is 0 Å². The molecular weight excluding hydrogens is 244 g/mol. The van der Waals surface area contributed by atoms with Crippen molar-refractivity contribution in [1.82, 2.24) is 10.2 Å². The summed E-state index contributed by atoms with van der Waals surface area (Å²) in [6.45, 7) is 5.02. The van der Waals surface area contributed by atoms with Crippen molar-refractivity contribution in [2.75, 3.05) is 26.2 Å². The lowest BCUT2D eigenvalue weighted by Gasteiger charge is -2.33. The van der Waals surface area contributed by atoms with E-state index in [1.165, 1.54) is 63.7 Å². The number of nitrogens with zero attached hydrogens (tertiary/aromatic N) is 1. The predicted octanol–water partition coefficient (Wildman–Crippen LogP) is 3.40. The van der Waals surface area contributed by atoms with Gasteiger partial charge in [0.1, 0.15) is 0 Å². The van der Waals surface area contributed by atoms with Crippen LogP contribution in [0.5, 0.6) is 0 Å². The van der Waals surface area contributed by atoms with Crippen LogP contribution >= 0.6 is 0 Å². The fourth-order valence-corrected chi connectivity index (χ4v) is 3.89. The fourth-order valence-electron chi connectivity index (χ4n) is 3.89. The van der Waals surface area contributed by atoms with E-state index in [4.69, 9.17) is 0 Å². The van der Waals surface area contributed by atoms with Gasteiger partial charge in [-0.15, -0.1) is 0 Å². The minimum absolute atomic E-state index is 0.689. The Bertz CT molecular complexity index is 384. The highest BCUT2D eigenvalue weighted by Crippen LogP contribution is 2.32. The van der Waals surface area contributed by atoms with E-state index < -0.39 is 0 Å². The number of rotatable bonds is 5. The van der Waals surface area contributed by atoms with Gasteiger partial charge in [-0.2, -0.15) is 0 Å². The Morgan fingerprint density at radius 1 is 0.950 bits per heavy atom. The summed E-state index contributed by atoms with van der Waals surface area (Å²) in [5, 5.41) is 3.86. The molecule has 0 spiro atoms. The van der Waals surface area contributed by atoms with Crippen molar-refractivity contribution in [2.45, 2.75) is 50.5 Å². The maximum atomic E-state index is 3.86. The lowest BCUT2D eigenvalue weighted by molar-refractivity contribution is 0.290. The summed E-state index contributed by atoms with van der Waals surface area (Å²) in [5.74, 6) is 0.725. The maximum Gasteiger partial charge on any atom is 0.0136 e. The fraction of sp³-hybridized carbons (Fsp3) is 0.667. The van der Waals surface area contributed by atoms with Crippen molar-refractivity contribution >= 4 is 0 Å². The van der Waals surface area contributed by atoms with Crippen LogP contribution < -0.4 is 5.32 Å². The third-order valence-corrected chi connectivity index (χ3v) is 5.03.